The van der Waals surface area contributed by atoms with Crippen LogP contribution in [0.4, 0.5) is 0 Å². The predicted molar refractivity (Wildman–Crippen MR) is 44.5 cm³/mol. The molecule has 2 unspecified atom stereocenters. The van der Waals surface area contributed by atoms with E-state index in [0.717, 1.165) is 19.3 Å². The van der Waals surface area contributed by atoms with E-state index < -0.39 is 10.2 Å². The van der Waals surface area contributed by atoms with Gasteiger partial charge in [0.25, 0.3) is 10.2 Å². The third-order valence-corrected chi connectivity index (χ3v) is 2.73. The van der Waals surface area contributed by atoms with Gasteiger partial charge in [-0.25, -0.2) is 9.86 Å². The lowest BCUT2D eigenvalue weighted by molar-refractivity contribution is 0.134. The summed E-state index contributed by atoms with van der Waals surface area (Å²) in [5.41, 5.74) is 0. The van der Waals surface area contributed by atoms with Crippen LogP contribution in [0.5, 0.6) is 0 Å². The summed E-state index contributed by atoms with van der Waals surface area (Å²) in [5, 5.41) is 14.0. The van der Waals surface area contributed by atoms with E-state index in [1.54, 1.807) is 0 Å². The summed E-state index contributed by atoms with van der Waals surface area (Å²) >= 11 is 0. The van der Waals surface area contributed by atoms with Crippen LogP contribution in [0.1, 0.15) is 19.3 Å². The number of nitrogens with two attached hydrogens (primary N) is 1. The topological polar surface area (TPSA) is 92.4 Å². The minimum atomic E-state index is -3.60. The lowest BCUT2D eigenvalue weighted by Gasteiger charge is -2.13. The van der Waals surface area contributed by atoms with E-state index in [1.165, 1.54) is 0 Å². The van der Waals surface area contributed by atoms with Crippen LogP contribution in [0.3, 0.4) is 0 Å². The fourth-order valence-corrected chi connectivity index (χ4v) is 1.92. The van der Waals surface area contributed by atoms with E-state index in [9.17, 15) is 13.5 Å². The summed E-state index contributed by atoms with van der Waals surface area (Å²) in [6, 6.07) is 0. The predicted octanol–water partition coefficient (Wildman–Crippen LogP) is -1.06. The average Bonchev–Trinajstić information content (AvgIpc) is 2.29. The molecule has 0 spiro atoms. The van der Waals surface area contributed by atoms with E-state index >= 15 is 0 Å². The number of aliphatic hydroxyl groups is 1. The minimum Gasteiger partial charge on any atom is -0.393 e. The molecule has 0 aromatic rings. The number of rotatable bonds is 3. The zero-order valence-corrected chi connectivity index (χ0v) is 7.55. The summed E-state index contributed by atoms with van der Waals surface area (Å²) in [6.07, 6.45) is 2.21. The molecule has 1 saturated carbocycles. The fraction of sp³-hybridized carbons (Fsp3) is 1.00. The van der Waals surface area contributed by atoms with Crippen molar-refractivity contribution in [3.63, 3.8) is 0 Å². The maximum Gasteiger partial charge on any atom is 0.274 e. The molecule has 0 heterocycles. The van der Waals surface area contributed by atoms with Gasteiger partial charge >= 0.3 is 0 Å². The molecule has 12 heavy (non-hydrogen) atoms. The summed E-state index contributed by atoms with van der Waals surface area (Å²) in [5.74, 6) is 0.0309. The highest BCUT2D eigenvalue weighted by atomic mass is 32.2. The van der Waals surface area contributed by atoms with Gasteiger partial charge in [0.05, 0.1) is 6.10 Å². The maximum atomic E-state index is 10.5. The van der Waals surface area contributed by atoms with Gasteiger partial charge in [-0.2, -0.15) is 8.42 Å². The van der Waals surface area contributed by atoms with Crippen LogP contribution < -0.4 is 9.86 Å². The Morgan fingerprint density at radius 2 is 2.17 bits per heavy atom. The summed E-state index contributed by atoms with van der Waals surface area (Å²) in [7, 11) is -3.60. The van der Waals surface area contributed by atoms with Crippen LogP contribution >= 0.6 is 0 Å². The average molecular weight is 194 g/mol. The molecule has 2 atom stereocenters. The van der Waals surface area contributed by atoms with E-state index in [0.29, 0.717) is 0 Å². The zero-order valence-electron chi connectivity index (χ0n) is 6.73. The third-order valence-electron chi connectivity index (χ3n) is 2.17. The molecule has 1 aliphatic carbocycles. The van der Waals surface area contributed by atoms with Crippen molar-refractivity contribution in [2.45, 2.75) is 25.4 Å². The molecule has 0 aliphatic heterocycles. The molecule has 5 nitrogen and oxygen atoms in total. The second kappa shape index (κ2) is 3.69. The van der Waals surface area contributed by atoms with Crippen molar-refractivity contribution in [1.82, 2.24) is 4.72 Å². The Hall–Kier alpha value is -0.170. The van der Waals surface area contributed by atoms with Gasteiger partial charge in [0.1, 0.15) is 0 Å². The SMILES string of the molecule is NS(=O)(=O)NCC1CCCC1O. The van der Waals surface area contributed by atoms with Crippen LogP contribution in [-0.4, -0.2) is 26.2 Å². The first-order chi connectivity index (χ1) is 5.49. The summed E-state index contributed by atoms with van der Waals surface area (Å²) < 4.78 is 23.1. The lowest BCUT2D eigenvalue weighted by Crippen LogP contribution is -2.36. The van der Waals surface area contributed by atoms with E-state index in [4.69, 9.17) is 5.14 Å². The van der Waals surface area contributed by atoms with Crippen molar-refractivity contribution in [2.75, 3.05) is 6.54 Å². The van der Waals surface area contributed by atoms with Crippen molar-refractivity contribution in [3.05, 3.63) is 0 Å². The van der Waals surface area contributed by atoms with Gasteiger partial charge in [0, 0.05) is 6.54 Å². The van der Waals surface area contributed by atoms with Crippen LogP contribution in [0, 0.1) is 5.92 Å². The molecular formula is C6H14N2O3S. The first kappa shape index (κ1) is 9.91. The van der Waals surface area contributed by atoms with Gasteiger partial charge in [-0.3, -0.25) is 0 Å². The molecule has 0 saturated heterocycles. The van der Waals surface area contributed by atoms with Gasteiger partial charge in [-0.1, -0.05) is 6.42 Å². The molecule has 0 amide bonds. The van der Waals surface area contributed by atoms with E-state index in [1.807, 2.05) is 0 Å². The Morgan fingerprint density at radius 1 is 1.50 bits per heavy atom. The summed E-state index contributed by atoms with van der Waals surface area (Å²) in [6.45, 7) is 0.250. The van der Waals surface area contributed by atoms with Gasteiger partial charge < -0.3 is 5.11 Å². The van der Waals surface area contributed by atoms with Crippen LogP contribution in [-0.2, 0) is 10.2 Å². The van der Waals surface area contributed by atoms with Crippen molar-refractivity contribution in [1.29, 1.82) is 0 Å². The van der Waals surface area contributed by atoms with Gasteiger partial charge in [0.2, 0.25) is 0 Å². The van der Waals surface area contributed by atoms with E-state index in [2.05, 4.69) is 4.72 Å². The summed E-state index contributed by atoms with van der Waals surface area (Å²) in [4.78, 5) is 0. The highest BCUT2D eigenvalue weighted by Gasteiger charge is 2.25. The number of aliphatic hydroxyl groups excluding tert-OH is 1. The highest BCUT2D eigenvalue weighted by Crippen LogP contribution is 2.24. The highest BCUT2D eigenvalue weighted by molar-refractivity contribution is 7.87. The van der Waals surface area contributed by atoms with Gasteiger partial charge in [-0.05, 0) is 18.8 Å². The largest absolute Gasteiger partial charge is 0.393 e. The molecule has 1 rings (SSSR count). The second-order valence-corrected chi connectivity index (χ2v) is 4.53. The number of hydrogen-bond acceptors (Lipinski definition) is 3. The second-order valence-electron chi connectivity index (χ2n) is 3.15. The molecule has 0 bridgehead atoms. The molecule has 0 aromatic carbocycles. The third kappa shape index (κ3) is 3.06. The Labute approximate surface area is 72.1 Å². The van der Waals surface area contributed by atoms with Crippen LogP contribution in [0.25, 0.3) is 0 Å². The monoisotopic (exact) mass is 194 g/mol. The molecule has 0 radical (unpaired) electrons. The standard InChI is InChI=1S/C6H14N2O3S/c7-12(10,11)8-4-5-2-1-3-6(5)9/h5-6,8-9H,1-4H2,(H2,7,10,11). The molecule has 0 aromatic heterocycles. The van der Waals surface area contributed by atoms with Crippen molar-refractivity contribution >= 4 is 10.2 Å². The molecule has 4 N–H and O–H groups in total. The van der Waals surface area contributed by atoms with E-state index in [-0.39, 0.29) is 18.6 Å². The Balaban J connectivity index is 2.32. The minimum absolute atomic E-state index is 0.0309. The van der Waals surface area contributed by atoms with Crippen LogP contribution in [0.2, 0.25) is 0 Å². The molecular weight excluding hydrogens is 180 g/mol. The van der Waals surface area contributed by atoms with Gasteiger partial charge in [0.15, 0.2) is 0 Å². The first-order valence-electron chi connectivity index (χ1n) is 3.94. The Morgan fingerprint density at radius 3 is 2.58 bits per heavy atom. The normalized spacial score (nSPS) is 30.8. The molecule has 6 heteroatoms. The molecule has 72 valence electrons. The maximum absolute atomic E-state index is 10.5. The lowest BCUT2D eigenvalue weighted by atomic mass is 10.1. The molecule has 1 aliphatic rings. The van der Waals surface area contributed by atoms with Crippen molar-refractivity contribution in [2.24, 2.45) is 11.1 Å². The zero-order chi connectivity index (χ0) is 9.19. The first-order valence-corrected chi connectivity index (χ1v) is 5.49. The van der Waals surface area contributed by atoms with Crippen LogP contribution in [0.15, 0.2) is 0 Å². The quantitative estimate of drug-likeness (QED) is 0.534. The van der Waals surface area contributed by atoms with Crippen molar-refractivity contribution in [3.8, 4) is 0 Å². The van der Waals surface area contributed by atoms with Crippen molar-refractivity contribution < 1.29 is 13.5 Å². The number of hydrogen-bond donors (Lipinski definition) is 3. The molecule has 1 fully saturated rings. The number of nitrogens with one attached hydrogen (secondary N) is 1. The fourth-order valence-electron chi connectivity index (χ4n) is 1.48. The Kier molecular flexibility index (Phi) is 3.05. The smallest absolute Gasteiger partial charge is 0.274 e. The Bertz CT molecular complexity index is 239. The van der Waals surface area contributed by atoms with Gasteiger partial charge in [-0.15, -0.1) is 0 Å².